The highest BCUT2D eigenvalue weighted by molar-refractivity contribution is 9.10. The zero-order valence-electron chi connectivity index (χ0n) is 11.2. The molecule has 0 fully saturated rings. The molecule has 1 heterocycles. The number of benzene rings is 2. The lowest BCUT2D eigenvalue weighted by Gasteiger charge is -2.05. The lowest BCUT2D eigenvalue weighted by molar-refractivity contribution is 0.0946. The molecule has 0 saturated carbocycles. The number of anilines is 1. The Kier molecular flexibility index (Phi) is 3.66. The second-order valence-electron chi connectivity index (χ2n) is 4.80. The summed E-state index contributed by atoms with van der Waals surface area (Å²) in [5, 5.41) is 3.83. The third-order valence-corrected chi connectivity index (χ3v) is 4.06. The van der Waals surface area contributed by atoms with E-state index in [0.717, 1.165) is 20.9 Å². The van der Waals surface area contributed by atoms with E-state index in [1.54, 1.807) is 6.07 Å². The van der Waals surface area contributed by atoms with Gasteiger partial charge in [-0.15, -0.1) is 0 Å². The second kappa shape index (κ2) is 5.61. The van der Waals surface area contributed by atoms with Crippen molar-refractivity contribution in [3.05, 3.63) is 64.3 Å². The first kappa shape index (κ1) is 13.7. The number of nitrogens with one attached hydrogen (secondary N) is 2. The number of aromatic amines is 1. The van der Waals surface area contributed by atoms with Gasteiger partial charge in [0.05, 0.1) is 0 Å². The van der Waals surface area contributed by atoms with Gasteiger partial charge in [-0.3, -0.25) is 4.79 Å². The van der Waals surface area contributed by atoms with Gasteiger partial charge in [0.2, 0.25) is 0 Å². The van der Waals surface area contributed by atoms with Gasteiger partial charge in [0.25, 0.3) is 5.91 Å². The van der Waals surface area contributed by atoms with Crippen LogP contribution in [0.25, 0.3) is 10.9 Å². The number of nitrogen functional groups attached to an aromatic ring is 1. The van der Waals surface area contributed by atoms with Crippen molar-refractivity contribution in [1.29, 1.82) is 0 Å². The van der Waals surface area contributed by atoms with E-state index in [4.69, 9.17) is 5.73 Å². The molecule has 21 heavy (non-hydrogen) atoms. The van der Waals surface area contributed by atoms with Crippen LogP contribution in [0.15, 0.2) is 53.0 Å². The zero-order chi connectivity index (χ0) is 14.8. The lowest BCUT2D eigenvalue weighted by Crippen LogP contribution is -2.23. The molecule has 2 aromatic carbocycles. The summed E-state index contributed by atoms with van der Waals surface area (Å²) >= 11 is 3.47. The van der Waals surface area contributed by atoms with E-state index in [-0.39, 0.29) is 5.91 Å². The smallest absolute Gasteiger partial charge is 0.267 e. The van der Waals surface area contributed by atoms with Crippen LogP contribution in [0.4, 0.5) is 5.69 Å². The van der Waals surface area contributed by atoms with Crippen LogP contribution in [0.2, 0.25) is 0 Å². The number of hydrogen-bond donors (Lipinski definition) is 3. The monoisotopic (exact) mass is 343 g/mol. The van der Waals surface area contributed by atoms with Crippen LogP contribution < -0.4 is 11.1 Å². The molecule has 3 rings (SSSR count). The first-order valence-corrected chi connectivity index (χ1v) is 7.32. The molecule has 4 N–H and O–H groups in total. The Labute approximate surface area is 130 Å². The third kappa shape index (κ3) is 2.92. The molecule has 3 aromatic rings. The first-order chi connectivity index (χ1) is 10.1. The summed E-state index contributed by atoms with van der Waals surface area (Å²) in [5.74, 6) is -0.138. The summed E-state index contributed by atoms with van der Waals surface area (Å²) in [4.78, 5) is 15.3. The molecule has 0 atom stereocenters. The Hall–Kier alpha value is -2.27. The number of halogens is 1. The number of carbonyl (C=O) groups excluding carboxylic acids is 1. The maximum atomic E-state index is 12.2. The summed E-state index contributed by atoms with van der Waals surface area (Å²) in [7, 11) is 0. The summed E-state index contributed by atoms with van der Waals surface area (Å²) < 4.78 is 0.981. The van der Waals surface area contributed by atoms with Crippen molar-refractivity contribution in [3.8, 4) is 0 Å². The van der Waals surface area contributed by atoms with Crippen molar-refractivity contribution < 1.29 is 4.79 Å². The van der Waals surface area contributed by atoms with Crippen molar-refractivity contribution in [1.82, 2.24) is 10.3 Å². The van der Waals surface area contributed by atoms with Crippen LogP contribution in [0.1, 0.15) is 16.1 Å². The minimum absolute atomic E-state index is 0.138. The molecule has 1 aromatic heterocycles. The normalized spacial score (nSPS) is 10.7. The average molecular weight is 344 g/mol. The van der Waals surface area contributed by atoms with E-state index in [0.29, 0.717) is 17.9 Å². The summed E-state index contributed by atoms with van der Waals surface area (Å²) in [6, 6.07) is 15.1. The molecule has 106 valence electrons. The van der Waals surface area contributed by atoms with Crippen LogP contribution in [0, 0.1) is 0 Å². The quantitative estimate of drug-likeness (QED) is 0.637. The molecule has 0 aliphatic heterocycles. The Morgan fingerprint density at radius 3 is 2.81 bits per heavy atom. The molecule has 0 aliphatic carbocycles. The fourth-order valence-corrected chi connectivity index (χ4v) is 2.61. The highest BCUT2D eigenvalue weighted by Gasteiger charge is 2.10. The van der Waals surface area contributed by atoms with Crippen LogP contribution in [-0.2, 0) is 6.54 Å². The molecule has 0 spiro atoms. The average Bonchev–Trinajstić information content (AvgIpc) is 2.89. The number of hydrogen-bond acceptors (Lipinski definition) is 2. The van der Waals surface area contributed by atoms with Crippen molar-refractivity contribution in [2.75, 3.05) is 5.73 Å². The highest BCUT2D eigenvalue weighted by atomic mass is 79.9. The molecule has 0 radical (unpaired) electrons. The number of aromatic nitrogens is 1. The summed E-state index contributed by atoms with van der Waals surface area (Å²) in [6.45, 7) is 0.470. The van der Waals surface area contributed by atoms with E-state index in [1.807, 2.05) is 42.5 Å². The van der Waals surface area contributed by atoms with Crippen LogP contribution in [0.5, 0.6) is 0 Å². The lowest BCUT2D eigenvalue weighted by atomic mass is 10.2. The molecule has 0 bridgehead atoms. The van der Waals surface area contributed by atoms with Crippen molar-refractivity contribution in [2.24, 2.45) is 0 Å². The maximum absolute atomic E-state index is 12.2. The molecule has 0 unspecified atom stereocenters. The summed E-state index contributed by atoms with van der Waals surface area (Å²) in [5.41, 5.74) is 8.89. The van der Waals surface area contributed by atoms with Gasteiger partial charge in [-0.05, 0) is 35.9 Å². The number of H-pyrrole nitrogens is 1. The highest BCUT2D eigenvalue weighted by Crippen LogP contribution is 2.19. The minimum Gasteiger partial charge on any atom is -0.399 e. The number of carbonyl (C=O) groups is 1. The van der Waals surface area contributed by atoms with Gasteiger partial charge in [-0.1, -0.05) is 34.1 Å². The van der Waals surface area contributed by atoms with E-state index >= 15 is 0 Å². The Bertz CT molecular complexity index is 810. The predicted octanol–water partition coefficient (Wildman–Crippen LogP) is 3.44. The van der Waals surface area contributed by atoms with E-state index in [1.165, 1.54) is 0 Å². The van der Waals surface area contributed by atoms with E-state index in [2.05, 4.69) is 26.2 Å². The molecule has 0 aliphatic rings. The molecular formula is C16H14BrN3O. The Balaban J connectivity index is 1.76. The molecule has 1 amide bonds. The zero-order valence-corrected chi connectivity index (χ0v) is 12.8. The Morgan fingerprint density at radius 1 is 1.19 bits per heavy atom. The van der Waals surface area contributed by atoms with Gasteiger partial charge >= 0.3 is 0 Å². The van der Waals surface area contributed by atoms with Crippen LogP contribution in [0.3, 0.4) is 0 Å². The fourth-order valence-electron chi connectivity index (χ4n) is 2.19. The SMILES string of the molecule is Nc1ccc2[nH]c(C(=O)NCc3ccccc3Br)cc2c1. The largest absolute Gasteiger partial charge is 0.399 e. The number of fused-ring (bicyclic) bond motifs is 1. The molecule has 4 nitrogen and oxygen atoms in total. The van der Waals surface area contributed by atoms with Crippen LogP contribution in [-0.4, -0.2) is 10.9 Å². The van der Waals surface area contributed by atoms with Gasteiger partial charge in [-0.25, -0.2) is 0 Å². The van der Waals surface area contributed by atoms with Crippen LogP contribution >= 0.6 is 15.9 Å². The van der Waals surface area contributed by atoms with Gasteiger partial charge < -0.3 is 16.0 Å². The Morgan fingerprint density at radius 2 is 2.00 bits per heavy atom. The standard InChI is InChI=1S/C16H14BrN3O/c17-13-4-2-1-3-10(13)9-19-16(21)15-8-11-7-12(18)5-6-14(11)20-15/h1-8,20H,9,18H2,(H,19,21). The topological polar surface area (TPSA) is 70.9 Å². The van der Waals surface area contributed by atoms with E-state index in [9.17, 15) is 4.79 Å². The van der Waals surface area contributed by atoms with E-state index < -0.39 is 0 Å². The maximum Gasteiger partial charge on any atom is 0.267 e. The van der Waals surface area contributed by atoms with Gasteiger partial charge in [0.15, 0.2) is 0 Å². The molecular weight excluding hydrogens is 330 g/mol. The predicted molar refractivity (Wildman–Crippen MR) is 88.0 cm³/mol. The van der Waals surface area contributed by atoms with Gasteiger partial charge in [0, 0.05) is 27.6 Å². The second-order valence-corrected chi connectivity index (χ2v) is 5.66. The van der Waals surface area contributed by atoms with Gasteiger partial charge in [-0.2, -0.15) is 0 Å². The van der Waals surface area contributed by atoms with Crippen molar-refractivity contribution in [2.45, 2.75) is 6.54 Å². The van der Waals surface area contributed by atoms with Gasteiger partial charge in [0.1, 0.15) is 5.69 Å². The molecule has 5 heteroatoms. The molecule has 0 saturated heterocycles. The minimum atomic E-state index is -0.138. The fraction of sp³-hybridized carbons (Fsp3) is 0.0625. The number of nitrogens with two attached hydrogens (primary N) is 1. The number of rotatable bonds is 3. The summed E-state index contributed by atoms with van der Waals surface area (Å²) in [6.07, 6.45) is 0. The van der Waals surface area contributed by atoms with Crippen molar-refractivity contribution >= 4 is 38.4 Å². The number of amides is 1. The third-order valence-electron chi connectivity index (χ3n) is 3.29. The van der Waals surface area contributed by atoms with Crippen molar-refractivity contribution in [3.63, 3.8) is 0 Å². The first-order valence-electron chi connectivity index (χ1n) is 6.53.